The molecule has 0 atom stereocenters. The molecule has 2 heterocycles. The number of benzene rings is 1. The van der Waals surface area contributed by atoms with E-state index >= 15 is 0 Å². The lowest BCUT2D eigenvalue weighted by Gasteiger charge is -2.30. The Labute approximate surface area is 124 Å². The minimum Gasteiger partial charge on any atom is -0.384 e. The van der Waals surface area contributed by atoms with Gasteiger partial charge < -0.3 is 10.6 Å². The summed E-state index contributed by atoms with van der Waals surface area (Å²) in [7, 11) is 0. The van der Waals surface area contributed by atoms with Gasteiger partial charge in [0.05, 0.1) is 0 Å². The van der Waals surface area contributed by atoms with Crippen molar-refractivity contribution in [1.29, 1.82) is 5.41 Å². The van der Waals surface area contributed by atoms with Crippen molar-refractivity contribution in [3.63, 3.8) is 0 Å². The number of nitrogens with two attached hydrogens (primary N) is 1. The van der Waals surface area contributed by atoms with E-state index in [0.717, 1.165) is 35.2 Å². The predicted octanol–water partition coefficient (Wildman–Crippen LogP) is 3.36. The van der Waals surface area contributed by atoms with E-state index in [0.29, 0.717) is 0 Å². The van der Waals surface area contributed by atoms with Gasteiger partial charge >= 0.3 is 0 Å². The van der Waals surface area contributed by atoms with Gasteiger partial charge in [0, 0.05) is 33.7 Å². The summed E-state index contributed by atoms with van der Waals surface area (Å²) in [4.78, 5) is 3.78. The molecule has 3 N–H and O–H groups in total. The van der Waals surface area contributed by atoms with Crippen LogP contribution in [0.15, 0.2) is 34.1 Å². The third-order valence-corrected chi connectivity index (χ3v) is 4.91. The first kappa shape index (κ1) is 12.7. The minimum absolute atomic E-state index is 0.124. The van der Waals surface area contributed by atoms with Gasteiger partial charge in [-0.15, -0.1) is 11.3 Å². The fraction of sp³-hybridized carbons (Fsp3) is 0.214. The Morgan fingerprint density at radius 1 is 1.37 bits per heavy atom. The molecule has 3 nitrogen and oxygen atoms in total. The Bertz CT molecular complexity index is 635. The zero-order valence-electron chi connectivity index (χ0n) is 10.3. The molecule has 3 rings (SSSR count). The molecule has 1 aliphatic heterocycles. The number of anilines is 1. The topological polar surface area (TPSA) is 53.1 Å². The van der Waals surface area contributed by atoms with Crippen LogP contribution in [0.25, 0.3) is 0 Å². The largest absolute Gasteiger partial charge is 0.384 e. The van der Waals surface area contributed by atoms with Crippen LogP contribution in [-0.4, -0.2) is 12.4 Å². The summed E-state index contributed by atoms with van der Waals surface area (Å²) < 4.78 is 1.02. The number of hydrogen-bond donors (Lipinski definition) is 2. The molecule has 2 aromatic rings. The molecule has 0 saturated heterocycles. The van der Waals surface area contributed by atoms with Crippen molar-refractivity contribution in [2.75, 3.05) is 11.4 Å². The summed E-state index contributed by atoms with van der Waals surface area (Å²) in [6, 6.07) is 8.08. The standard InChI is InChI=1S/C14H14BrN3S/c15-10-1-2-11(14(16)17)12(7-10)18-5-3-13-9(8-18)4-6-19-13/h1-2,4,6-7H,3,5,8H2,(H3,16,17). The van der Waals surface area contributed by atoms with Crippen molar-refractivity contribution in [3.8, 4) is 0 Å². The van der Waals surface area contributed by atoms with Crippen molar-refractivity contribution < 1.29 is 0 Å². The Kier molecular flexibility index (Phi) is 3.33. The summed E-state index contributed by atoms with van der Waals surface area (Å²) in [6.07, 6.45) is 1.07. The van der Waals surface area contributed by atoms with Crippen LogP contribution in [0.2, 0.25) is 0 Å². The second kappa shape index (κ2) is 4.98. The molecular weight excluding hydrogens is 322 g/mol. The van der Waals surface area contributed by atoms with Gasteiger partial charge in [0.2, 0.25) is 0 Å². The summed E-state index contributed by atoms with van der Waals surface area (Å²) in [5.41, 5.74) is 8.93. The van der Waals surface area contributed by atoms with Gasteiger partial charge in [0.15, 0.2) is 0 Å². The van der Waals surface area contributed by atoms with E-state index in [-0.39, 0.29) is 5.84 Å². The van der Waals surface area contributed by atoms with Crippen LogP contribution in [0, 0.1) is 5.41 Å². The molecule has 5 heteroatoms. The average Bonchev–Trinajstić information content (AvgIpc) is 2.85. The normalized spacial score (nSPS) is 14.3. The van der Waals surface area contributed by atoms with Crippen molar-refractivity contribution in [2.45, 2.75) is 13.0 Å². The van der Waals surface area contributed by atoms with Crippen LogP contribution in [0.1, 0.15) is 16.0 Å². The average molecular weight is 336 g/mol. The molecule has 0 radical (unpaired) electrons. The number of thiophene rings is 1. The number of nitrogens with one attached hydrogen (secondary N) is 1. The Balaban J connectivity index is 1.99. The second-order valence-corrected chi connectivity index (χ2v) is 6.53. The number of halogens is 1. The molecule has 0 bridgehead atoms. The lowest BCUT2D eigenvalue weighted by molar-refractivity contribution is 0.743. The van der Waals surface area contributed by atoms with E-state index in [4.69, 9.17) is 11.1 Å². The van der Waals surface area contributed by atoms with Crippen molar-refractivity contribution in [3.05, 3.63) is 50.1 Å². The molecule has 0 unspecified atom stereocenters. The lowest BCUT2D eigenvalue weighted by Crippen LogP contribution is -2.31. The van der Waals surface area contributed by atoms with E-state index in [1.807, 2.05) is 29.5 Å². The summed E-state index contributed by atoms with van der Waals surface area (Å²) >= 11 is 5.33. The molecule has 1 aromatic carbocycles. The zero-order valence-corrected chi connectivity index (χ0v) is 12.7. The van der Waals surface area contributed by atoms with Crippen LogP contribution in [0.3, 0.4) is 0 Å². The van der Waals surface area contributed by atoms with Gasteiger partial charge in [-0.1, -0.05) is 15.9 Å². The van der Waals surface area contributed by atoms with Gasteiger partial charge in [-0.3, -0.25) is 5.41 Å². The number of nitrogens with zero attached hydrogens (tertiary/aromatic N) is 1. The number of amidine groups is 1. The molecule has 0 spiro atoms. The van der Waals surface area contributed by atoms with Crippen LogP contribution in [0.4, 0.5) is 5.69 Å². The van der Waals surface area contributed by atoms with Gasteiger partial charge in [-0.2, -0.15) is 0 Å². The van der Waals surface area contributed by atoms with Crippen molar-refractivity contribution in [2.24, 2.45) is 5.73 Å². The van der Waals surface area contributed by atoms with Gasteiger partial charge in [0.25, 0.3) is 0 Å². The van der Waals surface area contributed by atoms with E-state index in [9.17, 15) is 0 Å². The fourth-order valence-electron chi connectivity index (χ4n) is 2.45. The minimum atomic E-state index is 0.124. The Hall–Kier alpha value is -1.33. The number of nitrogen functional groups attached to an aromatic ring is 1. The number of hydrogen-bond acceptors (Lipinski definition) is 3. The predicted molar refractivity (Wildman–Crippen MR) is 84.2 cm³/mol. The first-order valence-electron chi connectivity index (χ1n) is 6.09. The summed E-state index contributed by atoms with van der Waals surface area (Å²) in [6.45, 7) is 1.87. The number of fused-ring (bicyclic) bond motifs is 1. The van der Waals surface area contributed by atoms with Gasteiger partial charge in [0.1, 0.15) is 5.84 Å². The maximum atomic E-state index is 7.72. The van der Waals surface area contributed by atoms with Crippen LogP contribution in [-0.2, 0) is 13.0 Å². The van der Waals surface area contributed by atoms with Crippen LogP contribution in [0.5, 0.6) is 0 Å². The first-order valence-corrected chi connectivity index (χ1v) is 7.76. The monoisotopic (exact) mass is 335 g/mol. The van der Waals surface area contributed by atoms with E-state index in [2.05, 4.69) is 32.3 Å². The summed E-state index contributed by atoms with van der Waals surface area (Å²) in [5, 5.41) is 9.87. The number of rotatable bonds is 2. The molecule has 0 amide bonds. The van der Waals surface area contributed by atoms with Gasteiger partial charge in [-0.25, -0.2) is 0 Å². The molecule has 0 fully saturated rings. The SMILES string of the molecule is N=C(N)c1ccc(Br)cc1N1CCc2sccc2C1. The molecule has 0 aliphatic carbocycles. The van der Waals surface area contributed by atoms with E-state index in [1.165, 1.54) is 10.4 Å². The highest BCUT2D eigenvalue weighted by atomic mass is 79.9. The van der Waals surface area contributed by atoms with Crippen molar-refractivity contribution in [1.82, 2.24) is 0 Å². The van der Waals surface area contributed by atoms with Crippen LogP contribution < -0.4 is 10.6 Å². The first-order chi connectivity index (χ1) is 9.15. The molecule has 19 heavy (non-hydrogen) atoms. The Morgan fingerprint density at radius 3 is 3.00 bits per heavy atom. The third kappa shape index (κ3) is 2.40. The third-order valence-electron chi connectivity index (χ3n) is 3.40. The Morgan fingerprint density at radius 2 is 2.21 bits per heavy atom. The maximum Gasteiger partial charge on any atom is 0.124 e. The smallest absolute Gasteiger partial charge is 0.124 e. The quantitative estimate of drug-likeness (QED) is 0.653. The second-order valence-electron chi connectivity index (χ2n) is 4.62. The molecule has 1 aliphatic rings. The van der Waals surface area contributed by atoms with Crippen LogP contribution >= 0.6 is 27.3 Å². The highest BCUT2D eigenvalue weighted by molar-refractivity contribution is 9.10. The summed E-state index contributed by atoms with van der Waals surface area (Å²) in [5.74, 6) is 0.124. The highest BCUT2D eigenvalue weighted by Crippen LogP contribution is 2.31. The van der Waals surface area contributed by atoms with Gasteiger partial charge in [-0.05, 0) is 41.6 Å². The molecule has 1 aromatic heterocycles. The molecule has 0 saturated carbocycles. The maximum absolute atomic E-state index is 7.72. The lowest BCUT2D eigenvalue weighted by atomic mass is 10.1. The van der Waals surface area contributed by atoms with E-state index < -0.39 is 0 Å². The molecule has 98 valence electrons. The zero-order chi connectivity index (χ0) is 13.4. The highest BCUT2D eigenvalue weighted by Gasteiger charge is 2.20. The molecular formula is C14H14BrN3S. The van der Waals surface area contributed by atoms with E-state index in [1.54, 1.807) is 0 Å². The van der Waals surface area contributed by atoms with Crippen molar-refractivity contribution >= 4 is 38.8 Å². The fourth-order valence-corrected chi connectivity index (χ4v) is 3.69.